The van der Waals surface area contributed by atoms with Crippen LogP contribution in [-0.4, -0.2) is 53.7 Å². The summed E-state index contributed by atoms with van der Waals surface area (Å²) in [6.45, 7) is 2.10. The minimum Gasteiger partial charge on any atom is -0.390 e. The number of halogens is 1. The summed E-state index contributed by atoms with van der Waals surface area (Å²) in [5.41, 5.74) is -0.324. The van der Waals surface area contributed by atoms with E-state index >= 15 is 0 Å². The second kappa shape index (κ2) is 7.80. The van der Waals surface area contributed by atoms with E-state index < -0.39 is 35.0 Å². The van der Waals surface area contributed by atoms with E-state index in [4.69, 9.17) is 16.3 Å². The average Bonchev–Trinajstić information content (AvgIpc) is 3.60. The maximum Gasteiger partial charge on any atom is 0.240 e. The lowest BCUT2D eigenvalue weighted by Gasteiger charge is -2.33. The van der Waals surface area contributed by atoms with Gasteiger partial charge in [0.05, 0.1) is 47.2 Å². The number of aliphatic hydroxyl groups excluding tert-OH is 1. The third kappa shape index (κ3) is 2.86. The number of nitrogens with zero attached hydrogens (tertiary/aromatic N) is 6. The molecule has 38 heavy (non-hydrogen) atoms. The Morgan fingerprint density at radius 1 is 1.13 bits per heavy atom. The van der Waals surface area contributed by atoms with Gasteiger partial charge in [-0.15, -0.1) is 0 Å². The van der Waals surface area contributed by atoms with Crippen molar-refractivity contribution in [2.75, 3.05) is 4.90 Å². The van der Waals surface area contributed by atoms with E-state index in [9.17, 15) is 20.0 Å². The van der Waals surface area contributed by atoms with Crippen molar-refractivity contribution < 1.29 is 19.4 Å². The molecule has 5 heterocycles. The van der Waals surface area contributed by atoms with E-state index in [0.29, 0.717) is 46.2 Å². The quantitative estimate of drug-likeness (QED) is 0.315. The second-order valence-corrected chi connectivity index (χ2v) is 10.7. The van der Waals surface area contributed by atoms with Crippen molar-refractivity contribution in [2.45, 2.75) is 43.6 Å². The van der Waals surface area contributed by atoms with E-state index in [2.05, 4.69) is 21.0 Å². The summed E-state index contributed by atoms with van der Waals surface area (Å²) in [5.74, 6) is -2.34. The number of aliphatic hydroxyl groups is 1. The molecule has 1 N–H and O–H groups in total. The van der Waals surface area contributed by atoms with Gasteiger partial charge in [0, 0.05) is 23.7 Å². The molecular weight excluding hydrogens is 508 g/mol. The molecule has 2 aromatic heterocycles. The molecule has 2 bridgehead atoms. The van der Waals surface area contributed by atoms with Crippen molar-refractivity contribution in [1.29, 1.82) is 5.26 Å². The summed E-state index contributed by atoms with van der Waals surface area (Å²) in [7, 11) is 0. The van der Waals surface area contributed by atoms with E-state index in [1.54, 1.807) is 37.5 Å². The summed E-state index contributed by atoms with van der Waals surface area (Å²) in [5, 5.41) is 22.2. The van der Waals surface area contributed by atoms with Crippen molar-refractivity contribution in [1.82, 2.24) is 19.5 Å². The number of ether oxygens (including phenoxy) is 1. The molecular formula is C27H21ClN6O4. The number of hydrogen-bond donors (Lipinski definition) is 1. The highest BCUT2D eigenvalue weighted by Crippen LogP contribution is 2.62. The smallest absolute Gasteiger partial charge is 0.240 e. The molecule has 2 amide bonds. The lowest BCUT2D eigenvalue weighted by Crippen LogP contribution is -2.49. The Morgan fingerprint density at radius 2 is 1.89 bits per heavy atom. The zero-order chi connectivity index (χ0) is 26.4. The van der Waals surface area contributed by atoms with Crippen molar-refractivity contribution in [3.05, 3.63) is 59.8 Å². The molecule has 3 aliphatic heterocycles. The summed E-state index contributed by atoms with van der Waals surface area (Å²) < 4.78 is 8.26. The fraction of sp³-hybridized carbons (Fsp3) is 0.333. The number of rotatable bonds is 4. The van der Waals surface area contributed by atoms with Crippen LogP contribution in [0.3, 0.4) is 0 Å². The molecule has 0 spiro atoms. The van der Waals surface area contributed by atoms with Crippen LogP contribution in [-0.2, 0) is 20.9 Å². The molecule has 3 aliphatic rings. The predicted octanol–water partition coefficient (Wildman–Crippen LogP) is 2.99. The Hall–Kier alpha value is -3.91. The van der Waals surface area contributed by atoms with Crippen LogP contribution < -0.4 is 4.90 Å². The highest BCUT2D eigenvalue weighted by atomic mass is 35.5. The first kappa shape index (κ1) is 23.2. The third-order valence-corrected chi connectivity index (χ3v) is 8.79. The molecule has 0 saturated carbocycles. The van der Waals surface area contributed by atoms with Crippen molar-refractivity contribution >= 4 is 51.0 Å². The minimum absolute atomic E-state index is 0.230. The molecule has 10 nitrogen and oxygen atoms in total. The summed E-state index contributed by atoms with van der Waals surface area (Å²) >= 11 is 6.15. The molecule has 0 radical (unpaired) electrons. The Morgan fingerprint density at radius 3 is 2.68 bits per heavy atom. The van der Waals surface area contributed by atoms with Crippen molar-refractivity contribution in [3.8, 4) is 6.07 Å². The number of aryl methyl sites for hydroxylation is 1. The lowest BCUT2D eigenvalue weighted by atomic mass is 9.66. The van der Waals surface area contributed by atoms with Crippen LogP contribution in [0.2, 0.25) is 5.15 Å². The van der Waals surface area contributed by atoms with Crippen molar-refractivity contribution in [3.63, 3.8) is 0 Å². The maximum atomic E-state index is 14.1. The van der Waals surface area contributed by atoms with Crippen LogP contribution in [0.1, 0.15) is 25.3 Å². The van der Waals surface area contributed by atoms with Gasteiger partial charge in [0.15, 0.2) is 10.8 Å². The molecule has 7 rings (SSSR count). The van der Waals surface area contributed by atoms with Crippen molar-refractivity contribution in [2.24, 2.45) is 11.8 Å². The first-order valence-corrected chi connectivity index (χ1v) is 12.7. The fourth-order valence-electron chi connectivity index (χ4n) is 6.76. The molecule has 2 aromatic carbocycles. The molecule has 0 aliphatic carbocycles. The average molecular weight is 529 g/mol. The molecule has 5 atom stereocenters. The zero-order valence-corrected chi connectivity index (χ0v) is 21.0. The number of imide groups is 1. The number of hydrogen-bond acceptors (Lipinski definition) is 8. The normalized spacial score (nSPS) is 29.9. The van der Waals surface area contributed by atoms with Crippen LogP contribution >= 0.6 is 11.6 Å². The van der Waals surface area contributed by atoms with E-state index in [1.165, 1.54) is 11.2 Å². The zero-order valence-electron chi connectivity index (χ0n) is 20.2. The SMILES string of the molecule is C[C@]12O[C@](CCn3cnc4c(Cl)ncnc43)(C[C@@H]1O)[C@H]1C(=O)N(c3ccc(C#N)c4ccccc34)C(=O)[C@H]12. The predicted molar refractivity (Wildman–Crippen MR) is 136 cm³/mol. The van der Waals surface area contributed by atoms with Crippen LogP contribution in [0, 0.1) is 23.2 Å². The highest BCUT2D eigenvalue weighted by molar-refractivity contribution is 6.33. The molecule has 0 unspecified atom stereocenters. The number of carbonyl (C=O) groups is 2. The van der Waals surface area contributed by atoms with E-state index in [1.807, 2.05) is 16.7 Å². The largest absolute Gasteiger partial charge is 0.390 e. The summed E-state index contributed by atoms with van der Waals surface area (Å²) in [6, 6.07) is 12.7. The van der Waals surface area contributed by atoms with Gasteiger partial charge in [0.25, 0.3) is 0 Å². The standard InChI is InChI=1S/C27H21ClN6O4/c1-26-18(35)10-27(38-26,8-9-33-13-32-21-22(28)30-12-31-23(21)33)20-19(26)24(36)34(25(20)37)17-7-6-14(11-29)15-4-2-3-5-16(15)17/h2-7,12-13,18-20,35H,8-10H2,1H3/t18-,19-,20+,26-,27+/m0/s1. The number of benzene rings is 2. The number of amides is 2. The fourth-order valence-corrected chi connectivity index (χ4v) is 6.94. The van der Waals surface area contributed by atoms with Gasteiger partial charge in [-0.25, -0.2) is 19.9 Å². The Balaban J connectivity index is 1.29. The van der Waals surface area contributed by atoms with Crippen LogP contribution in [0.25, 0.3) is 21.9 Å². The lowest BCUT2D eigenvalue weighted by molar-refractivity contribution is -0.133. The van der Waals surface area contributed by atoms with E-state index in [0.717, 1.165) is 0 Å². The maximum absolute atomic E-state index is 14.1. The molecule has 3 fully saturated rings. The van der Waals surface area contributed by atoms with Crippen LogP contribution in [0.5, 0.6) is 0 Å². The second-order valence-electron chi connectivity index (χ2n) is 10.4. The van der Waals surface area contributed by atoms with Gasteiger partial charge in [-0.3, -0.25) is 9.59 Å². The molecule has 190 valence electrons. The number of imidazole rings is 1. The minimum atomic E-state index is -1.20. The first-order valence-electron chi connectivity index (χ1n) is 12.3. The third-order valence-electron chi connectivity index (χ3n) is 8.51. The number of carbonyl (C=O) groups excluding carboxylic acids is 2. The van der Waals surface area contributed by atoms with Crippen LogP contribution in [0.4, 0.5) is 5.69 Å². The van der Waals surface area contributed by atoms with Crippen LogP contribution in [0.15, 0.2) is 49.1 Å². The van der Waals surface area contributed by atoms with Gasteiger partial charge < -0.3 is 14.4 Å². The van der Waals surface area contributed by atoms with Gasteiger partial charge in [-0.1, -0.05) is 35.9 Å². The van der Waals surface area contributed by atoms with Gasteiger partial charge in [0.1, 0.15) is 17.4 Å². The Labute approximate surface area is 221 Å². The number of anilines is 1. The van der Waals surface area contributed by atoms with Gasteiger partial charge in [0.2, 0.25) is 11.8 Å². The molecule has 11 heteroatoms. The summed E-state index contributed by atoms with van der Waals surface area (Å²) in [6.07, 6.45) is 2.64. The van der Waals surface area contributed by atoms with E-state index in [-0.39, 0.29) is 17.5 Å². The number of nitriles is 1. The Bertz CT molecular complexity index is 1730. The molecule has 4 aromatic rings. The number of aromatic nitrogens is 4. The first-order chi connectivity index (χ1) is 18.3. The molecule has 3 saturated heterocycles. The van der Waals surface area contributed by atoms with Gasteiger partial charge in [-0.2, -0.15) is 5.26 Å². The highest BCUT2D eigenvalue weighted by Gasteiger charge is 2.77. The Kier molecular flexibility index (Phi) is 4.77. The van der Waals surface area contributed by atoms with Gasteiger partial charge in [-0.05, 0) is 25.5 Å². The van der Waals surface area contributed by atoms with Gasteiger partial charge >= 0.3 is 0 Å². The topological polar surface area (TPSA) is 134 Å². The number of fused-ring (bicyclic) bond motifs is 7. The monoisotopic (exact) mass is 528 g/mol. The summed E-state index contributed by atoms with van der Waals surface area (Å²) in [4.78, 5) is 41.8.